The molecule has 0 aromatic heterocycles. The van der Waals surface area contributed by atoms with E-state index in [2.05, 4.69) is 117 Å². The molecule has 8 unspecified atom stereocenters. The molecule has 6 N–H and O–H groups in total. The molecule has 1 rings (SSSR count). The molecule has 77 heavy (non-hydrogen) atoms. The maximum atomic E-state index is 13.4. The Balaban J connectivity index is 2.72. The smallest absolute Gasteiger partial charge is 0.306 e. The van der Waals surface area contributed by atoms with Crippen molar-refractivity contribution in [3.8, 4) is 0 Å². The van der Waals surface area contributed by atoms with Crippen LogP contribution in [0.15, 0.2) is 109 Å². The van der Waals surface area contributed by atoms with Crippen LogP contribution in [0.3, 0.4) is 0 Å². The summed E-state index contributed by atoms with van der Waals surface area (Å²) in [6.07, 6.45) is 61.3. The third-order valence-corrected chi connectivity index (χ3v) is 13.7. The van der Waals surface area contributed by atoms with Crippen LogP contribution in [-0.2, 0) is 23.8 Å². The average molecular weight is 1080 g/mol. The minimum absolute atomic E-state index is 0.104. The highest BCUT2D eigenvalue weighted by Gasteiger charge is 2.47. The molecule has 0 saturated carbocycles. The van der Waals surface area contributed by atoms with Crippen molar-refractivity contribution in [2.24, 2.45) is 0 Å². The first kappa shape index (κ1) is 71.3. The fraction of sp³-hybridized carbons (Fsp3) is 0.697. The highest BCUT2D eigenvalue weighted by atomic mass is 16.7. The van der Waals surface area contributed by atoms with Crippen LogP contribution in [0.5, 0.6) is 0 Å². The summed E-state index contributed by atoms with van der Waals surface area (Å²) in [5.41, 5.74) is 0. The van der Waals surface area contributed by atoms with Crippen LogP contribution in [0.1, 0.15) is 233 Å². The number of amides is 1. The second-order valence-corrected chi connectivity index (χ2v) is 20.7. The van der Waals surface area contributed by atoms with Gasteiger partial charge in [-0.2, -0.15) is 0 Å². The summed E-state index contributed by atoms with van der Waals surface area (Å²) in [6, 6.07) is -1.06. The Bertz CT molecular complexity index is 1660. The first-order valence-electron chi connectivity index (χ1n) is 30.7. The van der Waals surface area contributed by atoms with Gasteiger partial charge in [0.25, 0.3) is 0 Å². The molecular formula is C66H111NO10. The van der Waals surface area contributed by atoms with Crippen LogP contribution in [0.2, 0.25) is 0 Å². The number of aliphatic hydroxyl groups is 5. The molecule has 1 amide bonds. The summed E-state index contributed by atoms with van der Waals surface area (Å²) in [6.45, 7) is 5.60. The second kappa shape index (κ2) is 53.0. The van der Waals surface area contributed by atoms with E-state index in [4.69, 9.17) is 14.2 Å². The van der Waals surface area contributed by atoms with E-state index in [9.17, 15) is 35.1 Å². The molecule has 0 aliphatic carbocycles. The normalized spacial score (nSPS) is 19.8. The number of esters is 1. The molecule has 8 atom stereocenters. The monoisotopic (exact) mass is 1080 g/mol. The quantitative estimate of drug-likeness (QED) is 0.0195. The van der Waals surface area contributed by atoms with E-state index in [0.717, 1.165) is 109 Å². The van der Waals surface area contributed by atoms with E-state index in [1.807, 2.05) is 12.2 Å². The number of ether oxygens (including phenoxy) is 3. The molecule has 0 aromatic rings. The van der Waals surface area contributed by atoms with Crippen LogP contribution in [0.25, 0.3) is 0 Å². The molecular weight excluding hydrogens is 967 g/mol. The highest BCUT2D eigenvalue weighted by molar-refractivity contribution is 5.80. The largest absolute Gasteiger partial charge is 0.454 e. The first-order chi connectivity index (χ1) is 37.7. The zero-order valence-corrected chi connectivity index (χ0v) is 48.5. The molecule has 11 nitrogen and oxygen atoms in total. The third kappa shape index (κ3) is 41.1. The van der Waals surface area contributed by atoms with Gasteiger partial charge in [-0.3, -0.25) is 9.59 Å². The van der Waals surface area contributed by atoms with Crippen molar-refractivity contribution < 1.29 is 49.3 Å². The van der Waals surface area contributed by atoms with Crippen molar-refractivity contribution in [3.63, 3.8) is 0 Å². The molecule has 1 saturated heterocycles. The third-order valence-electron chi connectivity index (χ3n) is 13.7. The molecule has 0 aromatic carbocycles. The number of carbonyl (C=O) groups is 2. The molecule has 1 aliphatic heterocycles. The number of unbranched alkanes of at least 4 members (excludes halogenated alkanes) is 20. The van der Waals surface area contributed by atoms with Gasteiger partial charge in [-0.1, -0.05) is 226 Å². The van der Waals surface area contributed by atoms with Crippen LogP contribution in [-0.4, -0.2) is 99.6 Å². The van der Waals surface area contributed by atoms with Gasteiger partial charge >= 0.3 is 5.97 Å². The van der Waals surface area contributed by atoms with Gasteiger partial charge in [0.1, 0.15) is 24.4 Å². The van der Waals surface area contributed by atoms with E-state index in [0.29, 0.717) is 19.3 Å². The summed E-state index contributed by atoms with van der Waals surface area (Å²) in [7, 11) is 0. The van der Waals surface area contributed by atoms with Gasteiger partial charge < -0.3 is 45.1 Å². The molecule has 1 fully saturated rings. The summed E-state index contributed by atoms with van der Waals surface area (Å²) < 4.78 is 17.6. The lowest BCUT2D eigenvalue weighted by Gasteiger charge is -2.41. The molecule has 1 aliphatic rings. The molecule has 11 heteroatoms. The SMILES string of the molecule is CC/C=C\C/C=C\C/C=C\C/C=C\C/C=C\C/C=C\CCCC(O)C(=O)NC(COC1OC(CO)C(O)C(O)C1OC(=O)CCCCCCCCC/C=C\C/C=C\CCCCC)C(O)/C=C/CCCCCCCCCCC. The summed E-state index contributed by atoms with van der Waals surface area (Å²) in [5, 5.41) is 56.9. The maximum Gasteiger partial charge on any atom is 0.306 e. The Hall–Kier alpha value is -3.68. The second-order valence-electron chi connectivity index (χ2n) is 20.7. The van der Waals surface area contributed by atoms with Crippen LogP contribution < -0.4 is 5.32 Å². The predicted molar refractivity (Wildman–Crippen MR) is 319 cm³/mol. The number of rotatable bonds is 50. The van der Waals surface area contributed by atoms with Crippen molar-refractivity contribution in [2.45, 2.75) is 282 Å². The number of aliphatic hydroxyl groups excluding tert-OH is 5. The van der Waals surface area contributed by atoms with Gasteiger partial charge in [-0.15, -0.1) is 0 Å². The van der Waals surface area contributed by atoms with E-state index >= 15 is 0 Å². The predicted octanol–water partition coefficient (Wildman–Crippen LogP) is 14.5. The van der Waals surface area contributed by atoms with Crippen molar-refractivity contribution in [1.29, 1.82) is 0 Å². The Morgan fingerprint density at radius 2 is 0.935 bits per heavy atom. The zero-order chi connectivity index (χ0) is 56.1. The summed E-state index contributed by atoms with van der Waals surface area (Å²) in [5.74, 6) is -1.26. The Kier molecular flexibility index (Phi) is 49.1. The standard InChI is InChI=1S/C66H111NO10/c1-4-7-10-13-16-19-22-24-26-28-29-30-32-33-35-38-41-44-47-50-53-59(70)65(74)67-57(58(69)52-49-46-43-40-37-21-18-15-12-9-6-3)56-75-66-64(63(73)62(72)60(55-68)76-66)77-61(71)54-51-48-45-42-39-36-34-31-27-25-23-20-17-14-11-8-5-2/h7,10,16-17,19-20,24-27,29-30,33,35,41,44,49,52,57-60,62-64,66,68-70,72-73H,4-6,8-9,11-15,18,21-23,28,31-32,34,36-40,42-43,45-48,50-51,53-56H2,1-3H3,(H,67,74)/b10-7-,19-16-,20-17-,26-24-,27-25-,30-29-,35-33-,44-41-,52-49+. The first-order valence-corrected chi connectivity index (χ1v) is 30.7. The molecule has 1 heterocycles. The number of carbonyl (C=O) groups excluding carboxylic acids is 2. The maximum absolute atomic E-state index is 13.4. The fourth-order valence-corrected chi connectivity index (χ4v) is 8.81. The molecule has 0 spiro atoms. The summed E-state index contributed by atoms with van der Waals surface area (Å²) in [4.78, 5) is 26.5. The molecule has 0 bridgehead atoms. The van der Waals surface area contributed by atoms with E-state index in [1.54, 1.807) is 6.08 Å². The number of hydrogen-bond donors (Lipinski definition) is 6. The van der Waals surface area contributed by atoms with E-state index < -0.39 is 67.4 Å². The zero-order valence-electron chi connectivity index (χ0n) is 48.5. The number of nitrogens with one attached hydrogen (secondary N) is 1. The highest BCUT2D eigenvalue weighted by Crippen LogP contribution is 2.26. The minimum atomic E-state index is -1.63. The lowest BCUT2D eigenvalue weighted by Crippen LogP contribution is -2.61. The van der Waals surface area contributed by atoms with Gasteiger partial charge in [0, 0.05) is 6.42 Å². The van der Waals surface area contributed by atoms with Crippen molar-refractivity contribution in [3.05, 3.63) is 109 Å². The number of allylic oxidation sites excluding steroid dienone is 17. The minimum Gasteiger partial charge on any atom is -0.454 e. The lowest BCUT2D eigenvalue weighted by molar-refractivity contribution is -0.305. The van der Waals surface area contributed by atoms with Gasteiger partial charge in [0.15, 0.2) is 12.4 Å². The molecule has 0 radical (unpaired) electrons. The fourth-order valence-electron chi connectivity index (χ4n) is 8.81. The average Bonchev–Trinajstić information content (AvgIpc) is 3.43. The van der Waals surface area contributed by atoms with E-state index in [1.165, 1.54) is 70.6 Å². The van der Waals surface area contributed by atoms with Crippen molar-refractivity contribution >= 4 is 11.9 Å². The Labute approximate surface area is 468 Å². The lowest BCUT2D eigenvalue weighted by atomic mass is 9.99. The van der Waals surface area contributed by atoms with E-state index in [-0.39, 0.29) is 19.4 Å². The van der Waals surface area contributed by atoms with Crippen LogP contribution >= 0.6 is 0 Å². The topological polar surface area (TPSA) is 175 Å². The van der Waals surface area contributed by atoms with Crippen LogP contribution in [0, 0.1) is 0 Å². The summed E-state index contributed by atoms with van der Waals surface area (Å²) >= 11 is 0. The van der Waals surface area contributed by atoms with Crippen molar-refractivity contribution in [2.75, 3.05) is 13.2 Å². The van der Waals surface area contributed by atoms with Gasteiger partial charge in [-0.25, -0.2) is 0 Å². The van der Waals surface area contributed by atoms with Crippen molar-refractivity contribution in [1.82, 2.24) is 5.32 Å². The van der Waals surface area contributed by atoms with Gasteiger partial charge in [-0.05, 0) is 109 Å². The van der Waals surface area contributed by atoms with Crippen LogP contribution in [0.4, 0.5) is 0 Å². The Morgan fingerprint density at radius 3 is 1.43 bits per heavy atom. The molecule has 440 valence electrons. The van der Waals surface area contributed by atoms with Gasteiger partial charge in [0.2, 0.25) is 5.91 Å². The van der Waals surface area contributed by atoms with Gasteiger partial charge in [0.05, 0.1) is 25.4 Å². The number of hydrogen-bond acceptors (Lipinski definition) is 10. The Morgan fingerprint density at radius 1 is 0.519 bits per heavy atom.